The topological polar surface area (TPSA) is 72.5 Å². The number of carbonyl (C=O) groups is 3. The van der Waals surface area contributed by atoms with Crippen molar-refractivity contribution in [2.24, 2.45) is 0 Å². The van der Waals surface area contributed by atoms with Gasteiger partial charge in [-0.2, -0.15) is 12.6 Å². The molecule has 0 aromatic heterocycles. The summed E-state index contributed by atoms with van der Waals surface area (Å²) in [5, 5.41) is 2.54. The maximum atomic E-state index is 11.7. The summed E-state index contributed by atoms with van der Waals surface area (Å²) >= 11 is 3.98. The molecule has 6 heteroatoms. The van der Waals surface area contributed by atoms with E-state index >= 15 is 0 Å². The lowest BCUT2D eigenvalue weighted by Gasteiger charge is -2.13. The highest BCUT2D eigenvalue weighted by Crippen LogP contribution is 2.00. The summed E-state index contributed by atoms with van der Waals surface area (Å²) in [5.74, 6) is -0.616. The predicted molar refractivity (Wildman–Crippen MR) is 75.3 cm³/mol. The third kappa shape index (κ3) is 6.61. The van der Waals surface area contributed by atoms with Crippen LogP contribution >= 0.6 is 12.6 Å². The van der Waals surface area contributed by atoms with Crippen LogP contribution in [0.25, 0.3) is 0 Å². The largest absolute Gasteiger partial charge is 0.467 e. The molecular formula is C13H17NO4S. The van der Waals surface area contributed by atoms with Gasteiger partial charge in [-0.05, 0) is 19.1 Å². The number of hydrogen-bond donors (Lipinski definition) is 2. The van der Waals surface area contributed by atoms with Gasteiger partial charge in [-0.25, -0.2) is 4.79 Å². The zero-order valence-electron chi connectivity index (χ0n) is 10.8. The number of benzene rings is 1. The van der Waals surface area contributed by atoms with Crippen LogP contribution in [0.4, 0.5) is 0 Å². The number of amides is 1. The van der Waals surface area contributed by atoms with E-state index in [-0.39, 0.29) is 11.7 Å². The summed E-state index contributed by atoms with van der Waals surface area (Å²) < 4.78 is 4.54. The Morgan fingerprint density at radius 3 is 2.32 bits per heavy atom. The number of nitrogens with one attached hydrogen (secondary N) is 1. The van der Waals surface area contributed by atoms with E-state index in [0.717, 1.165) is 6.29 Å². The number of esters is 1. The fourth-order valence-electron chi connectivity index (χ4n) is 1.15. The van der Waals surface area contributed by atoms with Crippen LogP contribution in [-0.2, 0) is 14.3 Å². The van der Waals surface area contributed by atoms with Crippen LogP contribution in [0.15, 0.2) is 30.3 Å². The van der Waals surface area contributed by atoms with Gasteiger partial charge in [-0.1, -0.05) is 18.2 Å². The number of carbonyl (C=O) groups excluding carboxylic acids is 3. The zero-order chi connectivity index (χ0) is 14.7. The molecule has 0 spiro atoms. The van der Waals surface area contributed by atoms with Crippen molar-refractivity contribution in [1.29, 1.82) is 0 Å². The van der Waals surface area contributed by atoms with Crippen LogP contribution in [0.1, 0.15) is 17.3 Å². The van der Waals surface area contributed by atoms with Gasteiger partial charge in [0.1, 0.15) is 12.3 Å². The molecule has 0 saturated heterocycles. The van der Waals surface area contributed by atoms with Crippen molar-refractivity contribution in [3.63, 3.8) is 0 Å². The van der Waals surface area contributed by atoms with E-state index in [1.807, 2.05) is 6.07 Å². The molecule has 0 bridgehead atoms. The molecule has 0 aliphatic rings. The van der Waals surface area contributed by atoms with Crippen molar-refractivity contribution >= 4 is 30.8 Å². The van der Waals surface area contributed by atoms with Gasteiger partial charge in [0.25, 0.3) is 5.91 Å². The lowest BCUT2D eigenvalue weighted by Crippen LogP contribution is -2.42. The Bertz CT molecular complexity index is 408. The van der Waals surface area contributed by atoms with Crippen LogP contribution in [0.3, 0.4) is 0 Å². The molecule has 1 rings (SSSR count). The molecule has 0 fully saturated rings. The lowest BCUT2D eigenvalue weighted by atomic mass is 10.2. The molecule has 1 aromatic rings. The standard InChI is InChI=1S/C11H13NO3S.C2H4O/c1-15-11(14)9(7-16)12-10(13)8-5-3-2-4-6-8;1-2-3/h2-6,9,16H,7H2,1H3,(H,12,13);2H,1H3. The molecule has 0 saturated carbocycles. The minimum absolute atomic E-state index is 0.200. The molecule has 1 aromatic carbocycles. The molecule has 0 radical (unpaired) electrons. The SMILES string of the molecule is CC=O.COC(=O)C(CS)NC(=O)c1ccccc1. The van der Waals surface area contributed by atoms with E-state index in [1.165, 1.54) is 14.0 Å². The second-order valence-electron chi connectivity index (χ2n) is 3.33. The van der Waals surface area contributed by atoms with Crippen LogP contribution in [0.2, 0.25) is 0 Å². The fraction of sp³-hybridized carbons (Fsp3) is 0.308. The second-order valence-corrected chi connectivity index (χ2v) is 3.70. The molecule has 0 aliphatic carbocycles. The van der Waals surface area contributed by atoms with Gasteiger partial charge in [0.05, 0.1) is 7.11 Å². The Morgan fingerprint density at radius 2 is 1.89 bits per heavy atom. The smallest absolute Gasteiger partial charge is 0.329 e. The Kier molecular flexibility index (Phi) is 9.16. The van der Waals surface area contributed by atoms with Gasteiger partial charge < -0.3 is 14.8 Å². The zero-order valence-corrected chi connectivity index (χ0v) is 11.7. The average molecular weight is 283 g/mol. The number of methoxy groups -OCH3 is 1. The molecule has 0 aliphatic heterocycles. The number of hydrogen-bond acceptors (Lipinski definition) is 5. The van der Waals surface area contributed by atoms with Gasteiger partial charge in [-0.15, -0.1) is 0 Å². The monoisotopic (exact) mass is 283 g/mol. The van der Waals surface area contributed by atoms with Crippen molar-refractivity contribution in [3.05, 3.63) is 35.9 Å². The van der Waals surface area contributed by atoms with Crippen LogP contribution in [0.5, 0.6) is 0 Å². The number of thiol groups is 1. The van der Waals surface area contributed by atoms with Crippen molar-refractivity contribution < 1.29 is 19.1 Å². The highest BCUT2D eigenvalue weighted by molar-refractivity contribution is 7.80. The van der Waals surface area contributed by atoms with Gasteiger partial charge in [0.2, 0.25) is 0 Å². The van der Waals surface area contributed by atoms with E-state index in [0.29, 0.717) is 5.56 Å². The molecule has 0 heterocycles. The maximum absolute atomic E-state index is 11.7. The maximum Gasteiger partial charge on any atom is 0.329 e. The van der Waals surface area contributed by atoms with Gasteiger partial charge >= 0.3 is 5.97 Å². The minimum Gasteiger partial charge on any atom is -0.467 e. The first-order valence-electron chi connectivity index (χ1n) is 5.55. The molecule has 19 heavy (non-hydrogen) atoms. The van der Waals surface area contributed by atoms with Crippen molar-refractivity contribution in [1.82, 2.24) is 5.32 Å². The van der Waals surface area contributed by atoms with Gasteiger partial charge in [-0.3, -0.25) is 4.79 Å². The van der Waals surface area contributed by atoms with E-state index in [9.17, 15) is 9.59 Å². The molecule has 1 atom stereocenters. The van der Waals surface area contributed by atoms with Crippen LogP contribution in [-0.4, -0.2) is 37.1 Å². The average Bonchev–Trinajstić information content (AvgIpc) is 2.45. The molecule has 5 nitrogen and oxygen atoms in total. The van der Waals surface area contributed by atoms with Crippen molar-refractivity contribution in [2.75, 3.05) is 12.9 Å². The molecule has 1 unspecified atom stereocenters. The molecular weight excluding hydrogens is 266 g/mol. The minimum atomic E-state index is -0.721. The summed E-state index contributed by atoms with van der Waals surface area (Å²) in [6, 6.07) is 7.93. The number of rotatable bonds is 4. The normalized spacial score (nSPS) is 10.5. The fourth-order valence-corrected chi connectivity index (χ4v) is 1.39. The predicted octanol–water partition coefficient (Wildman–Crippen LogP) is 1.09. The summed E-state index contributed by atoms with van der Waals surface area (Å²) in [4.78, 5) is 31.7. The van der Waals surface area contributed by atoms with Crippen molar-refractivity contribution in [3.8, 4) is 0 Å². The summed E-state index contributed by atoms with van der Waals surface area (Å²) in [6.45, 7) is 1.44. The summed E-state index contributed by atoms with van der Waals surface area (Å²) in [6.07, 6.45) is 0.750. The van der Waals surface area contributed by atoms with Crippen LogP contribution < -0.4 is 5.32 Å². The summed E-state index contributed by atoms with van der Waals surface area (Å²) in [5.41, 5.74) is 0.498. The van der Waals surface area contributed by atoms with Crippen molar-refractivity contribution in [2.45, 2.75) is 13.0 Å². The first-order chi connectivity index (χ1) is 9.10. The Labute approximate surface area is 117 Å². The Hall–Kier alpha value is -1.82. The van der Waals surface area contributed by atoms with Crippen LogP contribution in [0, 0.1) is 0 Å². The lowest BCUT2D eigenvalue weighted by molar-refractivity contribution is -0.142. The quantitative estimate of drug-likeness (QED) is 0.493. The van der Waals surface area contributed by atoms with E-state index in [4.69, 9.17) is 4.79 Å². The van der Waals surface area contributed by atoms with E-state index in [2.05, 4.69) is 22.7 Å². The molecule has 1 N–H and O–H groups in total. The second kappa shape index (κ2) is 10.1. The number of ether oxygens (including phenoxy) is 1. The molecule has 104 valence electrons. The summed E-state index contributed by atoms with van der Waals surface area (Å²) in [7, 11) is 1.27. The molecule has 1 amide bonds. The Balaban J connectivity index is 0.000000982. The highest BCUT2D eigenvalue weighted by atomic mass is 32.1. The first-order valence-corrected chi connectivity index (χ1v) is 6.18. The van der Waals surface area contributed by atoms with Gasteiger partial charge in [0.15, 0.2) is 0 Å². The van der Waals surface area contributed by atoms with E-state index in [1.54, 1.807) is 24.3 Å². The third-order valence-electron chi connectivity index (χ3n) is 2.01. The number of aldehydes is 1. The highest BCUT2D eigenvalue weighted by Gasteiger charge is 2.20. The Morgan fingerprint density at radius 1 is 1.37 bits per heavy atom. The third-order valence-corrected chi connectivity index (χ3v) is 2.37. The first kappa shape index (κ1) is 17.2. The van der Waals surface area contributed by atoms with E-state index < -0.39 is 12.0 Å². The van der Waals surface area contributed by atoms with Gasteiger partial charge in [0, 0.05) is 11.3 Å².